The molecule has 1 aromatic rings. The standard InChI is InChI=1S/C13H19FN2O/c1-11(15-16-6-8-17-9-7-16)10-12-4-2-3-5-13(12)14/h2-5,11,15H,6-10H2,1H3/t11-/m0/s1. The van der Waals surface area contributed by atoms with Crippen molar-refractivity contribution < 1.29 is 9.13 Å². The number of benzene rings is 1. The van der Waals surface area contributed by atoms with Crippen molar-refractivity contribution in [2.75, 3.05) is 26.3 Å². The largest absolute Gasteiger partial charge is 0.379 e. The molecule has 0 bridgehead atoms. The van der Waals surface area contributed by atoms with Crippen molar-refractivity contribution in [1.82, 2.24) is 10.4 Å². The van der Waals surface area contributed by atoms with Crippen molar-refractivity contribution in [1.29, 1.82) is 0 Å². The van der Waals surface area contributed by atoms with Gasteiger partial charge in [0.1, 0.15) is 5.82 Å². The lowest BCUT2D eigenvalue weighted by Gasteiger charge is -2.30. The van der Waals surface area contributed by atoms with Crippen LogP contribution in [0.15, 0.2) is 24.3 Å². The van der Waals surface area contributed by atoms with E-state index >= 15 is 0 Å². The topological polar surface area (TPSA) is 24.5 Å². The van der Waals surface area contributed by atoms with Crippen LogP contribution in [0, 0.1) is 5.82 Å². The van der Waals surface area contributed by atoms with Gasteiger partial charge in [-0.25, -0.2) is 9.40 Å². The van der Waals surface area contributed by atoms with Gasteiger partial charge in [0.2, 0.25) is 0 Å². The van der Waals surface area contributed by atoms with Crippen LogP contribution in [-0.4, -0.2) is 37.4 Å². The predicted molar refractivity (Wildman–Crippen MR) is 65.1 cm³/mol. The summed E-state index contributed by atoms with van der Waals surface area (Å²) in [5.41, 5.74) is 4.15. The summed E-state index contributed by atoms with van der Waals surface area (Å²) in [7, 11) is 0. The highest BCUT2D eigenvalue weighted by molar-refractivity contribution is 5.18. The van der Waals surface area contributed by atoms with Crippen molar-refractivity contribution in [3.8, 4) is 0 Å². The second kappa shape index (κ2) is 6.10. The lowest BCUT2D eigenvalue weighted by molar-refractivity contribution is 0.00505. The van der Waals surface area contributed by atoms with Gasteiger partial charge in [-0.05, 0) is 25.0 Å². The lowest BCUT2D eigenvalue weighted by atomic mass is 10.1. The van der Waals surface area contributed by atoms with Crippen LogP contribution >= 0.6 is 0 Å². The summed E-state index contributed by atoms with van der Waals surface area (Å²) in [5, 5.41) is 2.15. The molecule has 2 rings (SSSR count). The van der Waals surface area contributed by atoms with Crippen LogP contribution in [0.25, 0.3) is 0 Å². The molecule has 0 aromatic heterocycles. The molecule has 0 radical (unpaired) electrons. The van der Waals surface area contributed by atoms with Crippen LogP contribution < -0.4 is 5.43 Å². The summed E-state index contributed by atoms with van der Waals surface area (Å²) in [6.07, 6.45) is 0.698. The quantitative estimate of drug-likeness (QED) is 0.862. The van der Waals surface area contributed by atoms with Crippen LogP contribution in [-0.2, 0) is 11.2 Å². The van der Waals surface area contributed by atoms with Gasteiger partial charge in [-0.3, -0.25) is 5.43 Å². The van der Waals surface area contributed by atoms with Gasteiger partial charge in [0.25, 0.3) is 0 Å². The Bertz CT molecular complexity index is 353. The molecule has 3 nitrogen and oxygen atoms in total. The zero-order valence-corrected chi connectivity index (χ0v) is 10.2. The highest BCUT2D eigenvalue weighted by Gasteiger charge is 2.14. The number of hydrogen-bond donors (Lipinski definition) is 1. The van der Waals surface area contributed by atoms with Crippen molar-refractivity contribution in [2.24, 2.45) is 0 Å². The molecule has 1 aliphatic heterocycles. The predicted octanol–water partition coefficient (Wildman–Crippen LogP) is 1.59. The molecule has 0 amide bonds. The van der Waals surface area contributed by atoms with Crippen LogP contribution in [0.5, 0.6) is 0 Å². The first-order chi connectivity index (χ1) is 8.25. The van der Waals surface area contributed by atoms with E-state index in [1.54, 1.807) is 6.07 Å². The number of rotatable bonds is 4. The highest BCUT2D eigenvalue weighted by Crippen LogP contribution is 2.09. The number of nitrogens with one attached hydrogen (secondary N) is 1. The summed E-state index contributed by atoms with van der Waals surface area (Å²) < 4.78 is 18.7. The van der Waals surface area contributed by atoms with Crippen LogP contribution in [0.2, 0.25) is 0 Å². The number of halogens is 1. The van der Waals surface area contributed by atoms with E-state index in [0.29, 0.717) is 6.42 Å². The fourth-order valence-corrected chi connectivity index (χ4v) is 2.04. The maximum atomic E-state index is 13.5. The molecular weight excluding hydrogens is 219 g/mol. The molecule has 1 aromatic carbocycles. The van der Waals surface area contributed by atoms with Crippen LogP contribution in [0.1, 0.15) is 12.5 Å². The minimum absolute atomic E-state index is 0.122. The smallest absolute Gasteiger partial charge is 0.126 e. The highest BCUT2D eigenvalue weighted by atomic mass is 19.1. The van der Waals surface area contributed by atoms with Gasteiger partial charge in [-0.15, -0.1) is 0 Å². The van der Waals surface area contributed by atoms with E-state index in [9.17, 15) is 4.39 Å². The van der Waals surface area contributed by atoms with E-state index in [-0.39, 0.29) is 11.9 Å². The van der Waals surface area contributed by atoms with Crippen molar-refractivity contribution in [3.63, 3.8) is 0 Å². The molecule has 4 heteroatoms. The van der Waals surface area contributed by atoms with Gasteiger partial charge < -0.3 is 4.74 Å². The van der Waals surface area contributed by atoms with Gasteiger partial charge in [-0.1, -0.05) is 18.2 Å². The zero-order valence-electron chi connectivity index (χ0n) is 10.2. The molecule has 94 valence electrons. The Balaban J connectivity index is 1.84. The number of hydrazine groups is 1. The van der Waals surface area contributed by atoms with Gasteiger partial charge in [0, 0.05) is 19.1 Å². The maximum absolute atomic E-state index is 13.5. The molecule has 1 aliphatic rings. The molecule has 0 spiro atoms. The molecule has 1 atom stereocenters. The summed E-state index contributed by atoms with van der Waals surface area (Å²) in [4.78, 5) is 0. The van der Waals surface area contributed by atoms with E-state index in [1.165, 1.54) is 6.07 Å². The molecule has 1 saturated heterocycles. The summed E-state index contributed by atoms with van der Waals surface area (Å²) in [6, 6.07) is 7.17. The van der Waals surface area contributed by atoms with Crippen molar-refractivity contribution >= 4 is 0 Å². The molecular formula is C13H19FN2O. The fraction of sp³-hybridized carbons (Fsp3) is 0.538. The first kappa shape index (κ1) is 12.5. The summed E-state index contributed by atoms with van der Waals surface area (Å²) in [6.45, 7) is 5.38. The Morgan fingerprint density at radius 1 is 1.35 bits per heavy atom. The second-order valence-electron chi connectivity index (χ2n) is 4.43. The fourth-order valence-electron chi connectivity index (χ4n) is 2.04. The average molecular weight is 238 g/mol. The third-order valence-electron chi connectivity index (χ3n) is 2.90. The monoisotopic (exact) mass is 238 g/mol. The van der Waals surface area contributed by atoms with Crippen LogP contribution in [0.4, 0.5) is 4.39 Å². The third-order valence-corrected chi connectivity index (χ3v) is 2.90. The SMILES string of the molecule is C[C@@H](Cc1ccccc1F)NN1CCOCC1. The average Bonchev–Trinajstić information content (AvgIpc) is 2.33. The second-order valence-corrected chi connectivity index (χ2v) is 4.43. The number of nitrogens with zero attached hydrogens (tertiary/aromatic N) is 1. The van der Waals surface area contributed by atoms with E-state index < -0.39 is 0 Å². The maximum Gasteiger partial charge on any atom is 0.126 e. The summed E-state index contributed by atoms with van der Waals surface area (Å²) in [5.74, 6) is -0.122. The van der Waals surface area contributed by atoms with Gasteiger partial charge in [0.05, 0.1) is 13.2 Å². The Kier molecular flexibility index (Phi) is 4.48. The number of ether oxygens (including phenoxy) is 1. The first-order valence-electron chi connectivity index (χ1n) is 6.08. The number of morpholine rings is 1. The van der Waals surface area contributed by atoms with E-state index in [4.69, 9.17) is 4.74 Å². The van der Waals surface area contributed by atoms with Gasteiger partial charge in [-0.2, -0.15) is 0 Å². The molecule has 1 N–H and O–H groups in total. The van der Waals surface area contributed by atoms with E-state index in [0.717, 1.165) is 31.9 Å². The number of hydrogen-bond acceptors (Lipinski definition) is 3. The van der Waals surface area contributed by atoms with E-state index in [1.807, 2.05) is 12.1 Å². The Morgan fingerprint density at radius 3 is 2.76 bits per heavy atom. The molecule has 0 unspecified atom stereocenters. The Morgan fingerprint density at radius 2 is 2.06 bits per heavy atom. The van der Waals surface area contributed by atoms with E-state index in [2.05, 4.69) is 17.4 Å². The first-order valence-corrected chi connectivity index (χ1v) is 6.08. The third kappa shape index (κ3) is 3.77. The zero-order chi connectivity index (χ0) is 12.1. The summed E-state index contributed by atoms with van der Waals surface area (Å²) >= 11 is 0. The molecule has 1 fully saturated rings. The van der Waals surface area contributed by atoms with Crippen molar-refractivity contribution in [2.45, 2.75) is 19.4 Å². The van der Waals surface area contributed by atoms with Gasteiger partial charge >= 0.3 is 0 Å². The lowest BCUT2D eigenvalue weighted by Crippen LogP contribution is -2.49. The minimum Gasteiger partial charge on any atom is -0.379 e. The Hall–Kier alpha value is -0.970. The molecule has 0 saturated carbocycles. The molecule has 1 heterocycles. The normalized spacial score (nSPS) is 19.2. The van der Waals surface area contributed by atoms with Gasteiger partial charge in [0.15, 0.2) is 0 Å². The van der Waals surface area contributed by atoms with Crippen LogP contribution in [0.3, 0.4) is 0 Å². The minimum atomic E-state index is -0.122. The Labute approximate surface area is 102 Å². The molecule has 0 aliphatic carbocycles. The van der Waals surface area contributed by atoms with Crippen molar-refractivity contribution in [3.05, 3.63) is 35.6 Å². The molecule has 17 heavy (non-hydrogen) atoms.